The molecule has 0 amide bonds. The zero-order valence-electron chi connectivity index (χ0n) is 10.5. The van der Waals surface area contributed by atoms with Crippen molar-refractivity contribution in [3.8, 4) is 0 Å². The van der Waals surface area contributed by atoms with Gasteiger partial charge in [-0.05, 0) is 33.6 Å². The van der Waals surface area contributed by atoms with Crippen molar-refractivity contribution in [2.45, 2.75) is 59.0 Å². The van der Waals surface area contributed by atoms with E-state index < -0.39 is 0 Å². The Morgan fingerprint density at radius 3 is 2.33 bits per heavy atom. The minimum Gasteiger partial charge on any atom is -0.380 e. The first kappa shape index (κ1) is 12.1. The molecule has 0 aliphatic heterocycles. The fraction of sp³-hybridized carbons (Fsp3) is 0.750. The van der Waals surface area contributed by atoms with Crippen LogP contribution in [0.5, 0.6) is 0 Å². The third-order valence-electron chi connectivity index (χ3n) is 2.63. The normalized spacial score (nSPS) is 12.1. The molecule has 0 radical (unpaired) electrons. The van der Waals surface area contributed by atoms with E-state index in [9.17, 15) is 0 Å². The van der Waals surface area contributed by atoms with Crippen molar-refractivity contribution in [2.75, 3.05) is 5.32 Å². The first-order valence-corrected chi connectivity index (χ1v) is 5.79. The largest absolute Gasteiger partial charge is 0.380 e. The lowest BCUT2D eigenvalue weighted by Crippen LogP contribution is -2.22. The summed E-state index contributed by atoms with van der Waals surface area (Å²) in [5.41, 5.74) is 1.19. The number of nitrogens with zero attached hydrogens (tertiary/aromatic N) is 2. The third-order valence-corrected chi connectivity index (χ3v) is 2.63. The van der Waals surface area contributed by atoms with Crippen LogP contribution in [0, 0.1) is 0 Å². The molecular weight excluding hydrogens is 186 g/mol. The van der Waals surface area contributed by atoms with Gasteiger partial charge >= 0.3 is 0 Å². The maximum absolute atomic E-state index is 4.36. The molecule has 0 saturated heterocycles. The lowest BCUT2D eigenvalue weighted by molar-refractivity contribution is 0.355. The van der Waals surface area contributed by atoms with E-state index in [1.54, 1.807) is 0 Å². The first-order valence-electron chi connectivity index (χ1n) is 5.79. The molecule has 0 aliphatic carbocycles. The summed E-state index contributed by atoms with van der Waals surface area (Å²) in [7, 11) is 0. The Kier molecular flexibility index (Phi) is 3.77. The van der Waals surface area contributed by atoms with Gasteiger partial charge in [0.1, 0.15) is 0 Å². The predicted molar refractivity (Wildman–Crippen MR) is 65.2 cm³/mol. The molecule has 15 heavy (non-hydrogen) atoms. The Morgan fingerprint density at radius 2 is 1.93 bits per heavy atom. The predicted octanol–water partition coefficient (Wildman–Crippen LogP) is 3.24. The maximum Gasteiger partial charge on any atom is 0.0728 e. The van der Waals surface area contributed by atoms with Crippen LogP contribution in [0.15, 0.2) is 12.4 Å². The highest BCUT2D eigenvalue weighted by molar-refractivity contribution is 5.39. The van der Waals surface area contributed by atoms with E-state index in [4.69, 9.17) is 0 Å². The Hall–Kier alpha value is -0.990. The van der Waals surface area contributed by atoms with Crippen molar-refractivity contribution in [3.63, 3.8) is 0 Å². The summed E-state index contributed by atoms with van der Waals surface area (Å²) in [4.78, 5) is 0. The molecule has 0 bridgehead atoms. The van der Waals surface area contributed by atoms with Gasteiger partial charge in [0.05, 0.1) is 17.4 Å². The van der Waals surface area contributed by atoms with Gasteiger partial charge in [0, 0.05) is 12.2 Å². The average Bonchev–Trinajstić information content (AvgIpc) is 2.61. The quantitative estimate of drug-likeness (QED) is 0.825. The minimum absolute atomic E-state index is 0.0633. The van der Waals surface area contributed by atoms with Gasteiger partial charge in [-0.3, -0.25) is 4.68 Å². The van der Waals surface area contributed by atoms with Crippen molar-refractivity contribution in [1.82, 2.24) is 9.78 Å². The van der Waals surface area contributed by atoms with Crippen LogP contribution in [-0.4, -0.2) is 15.8 Å². The van der Waals surface area contributed by atoms with E-state index in [2.05, 4.69) is 51.2 Å². The fourth-order valence-corrected chi connectivity index (χ4v) is 1.49. The molecule has 0 atom stereocenters. The summed E-state index contributed by atoms with van der Waals surface area (Å²) in [6.07, 6.45) is 6.29. The monoisotopic (exact) mass is 209 g/mol. The molecule has 0 fully saturated rings. The molecule has 0 spiro atoms. The van der Waals surface area contributed by atoms with Gasteiger partial charge in [0.2, 0.25) is 0 Å². The smallest absolute Gasteiger partial charge is 0.0728 e. The summed E-state index contributed by atoms with van der Waals surface area (Å²) in [6.45, 7) is 10.9. The second-order valence-corrected chi connectivity index (χ2v) is 5.00. The standard InChI is InChI=1S/C12H23N3/c1-6-10(7-2)14-11-8-13-15(9-11)12(3,4)5/h8-10,14H,6-7H2,1-5H3. The number of hydrogen-bond acceptors (Lipinski definition) is 2. The van der Waals surface area contributed by atoms with Gasteiger partial charge in [0.15, 0.2) is 0 Å². The zero-order valence-corrected chi connectivity index (χ0v) is 10.5. The Bertz CT molecular complexity index is 292. The van der Waals surface area contributed by atoms with Crippen molar-refractivity contribution < 1.29 is 0 Å². The van der Waals surface area contributed by atoms with Crippen LogP contribution in [0.4, 0.5) is 5.69 Å². The van der Waals surface area contributed by atoms with Crippen LogP contribution in [-0.2, 0) is 5.54 Å². The number of nitrogens with one attached hydrogen (secondary N) is 1. The second kappa shape index (κ2) is 4.69. The molecule has 1 heterocycles. The van der Waals surface area contributed by atoms with Crippen LogP contribution < -0.4 is 5.32 Å². The van der Waals surface area contributed by atoms with Crippen LogP contribution in [0.1, 0.15) is 47.5 Å². The Balaban J connectivity index is 2.68. The van der Waals surface area contributed by atoms with Crippen LogP contribution in [0.25, 0.3) is 0 Å². The van der Waals surface area contributed by atoms with E-state index in [1.165, 1.54) is 0 Å². The molecule has 1 aromatic heterocycles. The molecule has 1 aromatic rings. The summed E-state index contributed by atoms with van der Waals surface area (Å²) in [6, 6.07) is 0.558. The summed E-state index contributed by atoms with van der Waals surface area (Å²) < 4.78 is 2.00. The number of rotatable bonds is 4. The number of aromatic nitrogens is 2. The van der Waals surface area contributed by atoms with Gasteiger partial charge in [-0.15, -0.1) is 0 Å². The molecule has 86 valence electrons. The van der Waals surface area contributed by atoms with Gasteiger partial charge in [-0.2, -0.15) is 5.10 Å². The number of hydrogen-bond donors (Lipinski definition) is 1. The fourth-order valence-electron chi connectivity index (χ4n) is 1.49. The van der Waals surface area contributed by atoms with E-state index in [0.717, 1.165) is 18.5 Å². The lowest BCUT2D eigenvalue weighted by atomic mass is 10.1. The highest BCUT2D eigenvalue weighted by Gasteiger charge is 2.14. The Labute approximate surface area is 92.9 Å². The molecular formula is C12H23N3. The summed E-state index contributed by atoms with van der Waals surface area (Å²) in [5.74, 6) is 0. The minimum atomic E-state index is 0.0633. The van der Waals surface area contributed by atoms with E-state index in [-0.39, 0.29) is 5.54 Å². The molecule has 3 heteroatoms. The highest BCUT2D eigenvalue weighted by Crippen LogP contribution is 2.17. The lowest BCUT2D eigenvalue weighted by Gasteiger charge is -2.19. The Morgan fingerprint density at radius 1 is 1.33 bits per heavy atom. The number of anilines is 1. The summed E-state index contributed by atoms with van der Waals surface area (Å²) in [5, 5.41) is 7.85. The SMILES string of the molecule is CCC(CC)Nc1cnn(C(C)(C)C)c1. The van der Waals surface area contributed by atoms with E-state index >= 15 is 0 Å². The molecule has 1 N–H and O–H groups in total. The molecule has 1 rings (SSSR count). The summed E-state index contributed by atoms with van der Waals surface area (Å²) >= 11 is 0. The van der Waals surface area contributed by atoms with Crippen molar-refractivity contribution >= 4 is 5.69 Å². The van der Waals surface area contributed by atoms with Gasteiger partial charge in [-0.25, -0.2) is 0 Å². The van der Waals surface area contributed by atoms with Crippen molar-refractivity contribution in [3.05, 3.63) is 12.4 Å². The molecule has 0 saturated carbocycles. The average molecular weight is 209 g/mol. The third kappa shape index (κ3) is 3.26. The van der Waals surface area contributed by atoms with Crippen molar-refractivity contribution in [1.29, 1.82) is 0 Å². The van der Waals surface area contributed by atoms with Crippen LogP contribution in [0.3, 0.4) is 0 Å². The van der Waals surface area contributed by atoms with Crippen LogP contribution in [0.2, 0.25) is 0 Å². The van der Waals surface area contributed by atoms with Crippen LogP contribution >= 0.6 is 0 Å². The van der Waals surface area contributed by atoms with E-state index in [0.29, 0.717) is 6.04 Å². The first-order chi connectivity index (χ1) is 6.97. The highest BCUT2D eigenvalue weighted by atomic mass is 15.3. The zero-order chi connectivity index (χ0) is 11.5. The van der Waals surface area contributed by atoms with Gasteiger partial charge < -0.3 is 5.32 Å². The van der Waals surface area contributed by atoms with E-state index in [1.807, 2.05) is 10.9 Å². The van der Waals surface area contributed by atoms with Gasteiger partial charge in [0.25, 0.3) is 0 Å². The molecule has 0 aromatic carbocycles. The topological polar surface area (TPSA) is 29.9 Å². The second-order valence-electron chi connectivity index (χ2n) is 5.00. The molecule has 0 aliphatic rings. The molecule has 0 unspecified atom stereocenters. The van der Waals surface area contributed by atoms with Crippen molar-refractivity contribution in [2.24, 2.45) is 0 Å². The van der Waals surface area contributed by atoms with Gasteiger partial charge in [-0.1, -0.05) is 13.8 Å². The maximum atomic E-state index is 4.36. The molecule has 3 nitrogen and oxygen atoms in total.